The number of halogens is 4. The Balaban J connectivity index is 1.76. The van der Waals surface area contributed by atoms with E-state index in [0.717, 1.165) is 38.2 Å². The molecule has 3 unspecified atom stereocenters. The number of carbonyl (C=O) groups is 2. The number of benzene rings is 1. The van der Waals surface area contributed by atoms with Crippen LogP contribution < -0.4 is 5.32 Å². The SMILES string of the molecule is CCOC(=O)C(C)Cc1ccc(Cl)c(NC(=O)C(C(C)C(F)(F)F)N2CCC3(CC2)CC3)c1. The molecule has 1 aliphatic heterocycles. The number of ether oxygens (including phenoxy) is 1. The molecule has 1 saturated carbocycles. The molecule has 0 radical (unpaired) electrons. The Morgan fingerprint density at radius 2 is 1.82 bits per heavy atom. The van der Waals surface area contributed by atoms with Crippen molar-refractivity contribution in [3.05, 3.63) is 28.8 Å². The molecule has 1 amide bonds. The molecule has 184 valence electrons. The minimum atomic E-state index is -4.50. The van der Waals surface area contributed by atoms with Gasteiger partial charge in [-0.15, -0.1) is 0 Å². The molecule has 33 heavy (non-hydrogen) atoms. The summed E-state index contributed by atoms with van der Waals surface area (Å²) in [6.45, 7) is 5.75. The molecule has 2 fully saturated rings. The van der Waals surface area contributed by atoms with E-state index in [1.165, 1.54) is 0 Å². The molecule has 3 rings (SSSR count). The highest BCUT2D eigenvalue weighted by Crippen LogP contribution is 2.54. The van der Waals surface area contributed by atoms with Crippen molar-refractivity contribution in [3.8, 4) is 0 Å². The second kappa shape index (κ2) is 10.2. The Kier molecular flexibility index (Phi) is 7.99. The summed E-state index contributed by atoms with van der Waals surface area (Å²) >= 11 is 6.25. The van der Waals surface area contributed by atoms with Crippen LogP contribution in [-0.2, 0) is 20.7 Å². The fourth-order valence-electron chi connectivity index (χ4n) is 4.56. The summed E-state index contributed by atoms with van der Waals surface area (Å²) < 4.78 is 46.0. The maximum atomic E-state index is 13.7. The number of rotatable bonds is 8. The number of hydrogen-bond donors (Lipinski definition) is 1. The number of nitrogens with one attached hydrogen (secondary N) is 1. The maximum absolute atomic E-state index is 13.7. The lowest BCUT2D eigenvalue weighted by atomic mass is 9.90. The summed E-state index contributed by atoms with van der Waals surface area (Å²) in [6, 6.07) is 3.58. The van der Waals surface area contributed by atoms with Crippen molar-refractivity contribution in [1.82, 2.24) is 4.90 Å². The van der Waals surface area contributed by atoms with Gasteiger partial charge < -0.3 is 10.1 Å². The summed E-state index contributed by atoms with van der Waals surface area (Å²) in [6.07, 6.45) is -0.252. The first kappa shape index (κ1) is 25.8. The normalized spacial score (nSPS) is 20.7. The Hall–Kier alpha value is -1.80. The van der Waals surface area contributed by atoms with E-state index >= 15 is 0 Å². The van der Waals surface area contributed by atoms with Gasteiger partial charge in [0.05, 0.1) is 29.2 Å². The molecule has 1 aromatic rings. The van der Waals surface area contributed by atoms with Gasteiger partial charge in [-0.1, -0.05) is 31.5 Å². The molecule has 1 spiro atoms. The van der Waals surface area contributed by atoms with E-state index in [0.29, 0.717) is 19.5 Å². The van der Waals surface area contributed by atoms with E-state index in [9.17, 15) is 22.8 Å². The molecular formula is C24H32ClF3N2O3. The Morgan fingerprint density at radius 1 is 1.18 bits per heavy atom. The second-order valence-electron chi connectivity index (χ2n) is 9.47. The van der Waals surface area contributed by atoms with E-state index in [4.69, 9.17) is 16.3 Å². The van der Waals surface area contributed by atoms with Gasteiger partial charge in [-0.05, 0) is 75.2 Å². The first-order valence-corrected chi connectivity index (χ1v) is 11.9. The van der Waals surface area contributed by atoms with Gasteiger partial charge in [-0.3, -0.25) is 14.5 Å². The summed E-state index contributed by atoms with van der Waals surface area (Å²) in [5.74, 6) is -3.29. The minimum Gasteiger partial charge on any atom is -0.466 e. The highest BCUT2D eigenvalue weighted by Gasteiger charge is 2.50. The maximum Gasteiger partial charge on any atom is 0.393 e. The van der Waals surface area contributed by atoms with Crippen LogP contribution in [0.15, 0.2) is 18.2 Å². The minimum absolute atomic E-state index is 0.227. The molecule has 1 saturated heterocycles. The number of anilines is 1. The smallest absolute Gasteiger partial charge is 0.393 e. The van der Waals surface area contributed by atoms with E-state index < -0.39 is 30.0 Å². The van der Waals surface area contributed by atoms with E-state index in [-0.39, 0.29) is 28.7 Å². The molecule has 1 aromatic carbocycles. The molecule has 1 aliphatic carbocycles. The standard InChI is InChI=1S/C24H32ClF3N2O3/c1-4-33-22(32)15(2)13-17-5-6-18(25)19(14-17)29-21(31)20(16(3)24(26,27)28)30-11-9-23(7-8-23)10-12-30/h5-6,14-16,20H,4,7-13H2,1-3H3,(H,29,31). The molecule has 1 N–H and O–H groups in total. The number of esters is 1. The average Bonchev–Trinajstić information content (AvgIpc) is 3.50. The van der Waals surface area contributed by atoms with Gasteiger partial charge in [-0.2, -0.15) is 13.2 Å². The third-order valence-electron chi connectivity index (χ3n) is 6.99. The van der Waals surface area contributed by atoms with Crippen molar-refractivity contribution in [2.45, 2.75) is 65.1 Å². The van der Waals surface area contributed by atoms with E-state index in [2.05, 4.69) is 5.32 Å². The zero-order valence-electron chi connectivity index (χ0n) is 19.3. The van der Waals surface area contributed by atoms with Crippen LogP contribution in [0.5, 0.6) is 0 Å². The Morgan fingerprint density at radius 3 is 2.36 bits per heavy atom. The molecule has 9 heteroatoms. The summed E-state index contributed by atoms with van der Waals surface area (Å²) in [7, 11) is 0. The lowest BCUT2D eigenvalue weighted by Gasteiger charge is -2.40. The van der Waals surface area contributed by atoms with Crippen molar-refractivity contribution in [2.24, 2.45) is 17.3 Å². The lowest BCUT2D eigenvalue weighted by molar-refractivity contribution is -0.189. The van der Waals surface area contributed by atoms with Gasteiger partial charge in [0.15, 0.2) is 0 Å². The van der Waals surface area contributed by atoms with Crippen molar-refractivity contribution >= 4 is 29.2 Å². The largest absolute Gasteiger partial charge is 0.466 e. The van der Waals surface area contributed by atoms with Gasteiger partial charge in [0, 0.05) is 0 Å². The molecule has 0 aromatic heterocycles. The van der Waals surface area contributed by atoms with Crippen LogP contribution in [0.4, 0.5) is 18.9 Å². The third kappa shape index (κ3) is 6.41. The van der Waals surface area contributed by atoms with Gasteiger partial charge >= 0.3 is 12.1 Å². The summed E-state index contributed by atoms with van der Waals surface area (Å²) in [5.41, 5.74) is 1.25. The monoisotopic (exact) mass is 488 g/mol. The number of hydrogen-bond acceptors (Lipinski definition) is 4. The molecule has 3 atom stereocenters. The fraction of sp³-hybridized carbons (Fsp3) is 0.667. The van der Waals surface area contributed by atoms with Crippen molar-refractivity contribution in [2.75, 3.05) is 25.0 Å². The third-order valence-corrected chi connectivity index (χ3v) is 7.32. The first-order valence-electron chi connectivity index (χ1n) is 11.5. The molecule has 1 heterocycles. The van der Waals surface area contributed by atoms with Crippen molar-refractivity contribution in [3.63, 3.8) is 0 Å². The average molecular weight is 489 g/mol. The highest BCUT2D eigenvalue weighted by molar-refractivity contribution is 6.33. The van der Waals surface area contributed by atoms with Gasteiger partial charge in [0.1, 0.15) is 6.04 Å². The first-order chi connectivity index (χ1) is 15.5. The second-order valence-corrected chi connectivity index (χ2v) is 9.88. The number of amides is 1. The number of carbonyl (C=O) groups excluding carboxylic acids is 2. The van der Waals surface area contributed by atoms with Gasteiger partial charge in [0.25, 0.3) is 0 Å². The van der Waals surface area contributed by atoms with E-state index in [1.54, 1.807) is 36.9 Å². The quantitative estimate of drug-likeness (QED) is 0.493. The van der Waals surface area contributed by atoms with E-state index in [1.807, 2.05) is 0 Å². The number of piperidine rings is 1. The van der Waals surface area contributed by atoms with Crippen LogP contribution in [0, 0.1) is 17.3 Å². The predicted octanol–water partition coefficient (Wildman–Crippen LogP) is 5.46. The van der Waals surface area contributed by atoms with Gasteiger partial charge in [0.2, 0.25) is 5.91 Å². The van der Waals surface area contributed by atoms with Crippen LogP contribution in [0.3, 0.4) is 0 Å². The van der Waals surface area contributed by atoms with Crippen molar-refractivity contribution < 1.29 is 27.5 Å². The number of alkyl halides is 3. The number of nitrogens with zero attached hydrogens (tertiary/aromatic N) is 1. The van der Waals surface area contributed by atoms with Crippen LogP contribution in [0.25, 0.3) is 0 Å². The molecule has 2 aliphatic rings. The zero-order valence-corrected chi connectivity index (χ0v) is 20.1. The summed E-state index contributed by atoms with van der Waals surface area (Å²) in [5, 5.41) is 2.86. The van der Waals surface area contributed by atoms with Crippen LogP contribution in [0.1, 0.15) is 52.0 Å². The Bertz CT molecular complexity index is 863. The number of likely N-dealkylation sites (tertiary alicyclic amines) is 1. The lowest BCUT2D eigenvalue weighted by Crippen LogP contribution is -2.54. The Labute approximate surface area is 198 Å². The van der Waals surface area contributed by atoms with Crippen LogP contribution in [-0.4, -0.2) is 48.7 Å². The highest BCUT2D eigenvalue weighted by atomic mass is 35.5. The van der Waals surface area contributed by atoms with Crippen molar-refractivity contribution in [1.29, 1.82) is 0 Å². The summed E-state index contributed by atoms with van der Waals surface area (Å²) in [4.78, 5) is 26.8. The van der Waals surface area contributed by atoms with Crippen LogP contribution >= 0.6 is 11.6 Å². The molecule has 5 nitrogen and oxygen atoms in total. The molecule has 0 bridgehead atoms. The topological polar surface area (TPSA) is 58.6 Å². The van der Waals surface area contributed by atoms with Gasteiger partial charge in [-0.25, -0.2) is 0 Å². The molecular weight excluding hydrogens is 457 g/mol. The van der Waals surface area contributed by atoms with Crippen LogP contribution in [0.2, 0.25) is 5.02 Å². The zero-order chi connectivity index (χ0) is 24.4. The predicted molar refractivity (Wildman–Crippen MR) is 121 cm³/mol. The fourth-order valence-corrected chi connectivity index (χ4v) is 4.73.